The predicted octanol–water partition coefficient (Wildman–Crippen LogP) is 1.75. The molecule has 0 amide bonds. The number of rotatable bonds is 0. The molecule has 0 aromatic rings. The number of carbonyl (C=O) groups excluding carboxylic acids is 1. The standard InChI is InChI=1S/C22H30O7/c1-19-9-13(23)15-11(12(19)4-6-22(19)25-7-8-26-22)3-5-21-10-14-16(24)17(20(15,21)2)28-18(27-14)29-21/h11-12,14-18,24H,3-10H2,1-2H3. The van der Waals surface area contributed by atoms with E-state index in [4.69, 9.17) is 23.7 Å². The molecule has 1 N–H and O–H groups in total. The minimum atomic E-state index is -0.704. The number of ketones is 1. The molecule has 2 spiro atoms. The van der Waals surface area contributed by atoms with Crippen molar-refractivity contribution in [1.82, 2.24) is 0 Å². The van der Waals surface area contributed by atoms with Gasteiger partial charge in [-0.3, -0.25) is 4.79 Å². The summed E-state index contributed by atoms with van der Waals surface area (Å²) in [6.07, 6.45) is 3.49. The van der Waals surface area contributed by atoms with Crippen molar-refractivity contribution in [2.45, 2.75) is 88.5 Å². The van der Waals surface area contributed by atoms with Gasteiger partial charge in [0.05, 0.1) is 24.9 Å². The molecule has 7 nitrogen and oxygen atoms in total. The predicted molar refractivity (Wildman–Crippen MR) is 97.4 cm³/mol. The first-order valence-corrected chi connectivity index (χ1v) is 11.3. The summed E-state index contributed by atoms with van der Waals surface area (Å²) < 4.78 is 30.4. The number of ether oxygens (including phenoxy) is 5. The summed E-state index contributed by atoms with van der Waals surface area (Å²) in [7, 11) is 0. The van der Waals surface area contributed by atoms with Gasteiger partial charge in [-0.25, -0.2) is 0 Å². The first kappa shape index (κ1) is 18.0. The van der Waals surface area contributed by atoms with Gasteiger partial charge in [-0.1, -0.05) is 13.8 Å². The normalized spacial score (nSPS) is 61.6. The molecule has 4 bridgehead atoms. The van der Waals surface area contributed by atoms with Gasteiger partial charge in [0.15, 0.2) is 5.79 Å². The van der Waals surface area contributed by atoms with Crippen LogP contribution >= 0.6 is 0 Å². The van der Waals surface area contributed by atoms with Crippen LogP contribution in [-0.4, -0.2) is 60.3 Å². The van der Waals surface area contributed by atoms with Crippen LogP contribution in [0.5, 0.6) is 0 Å². The molecule has 0 aromatic heterocycles. The average Bonchev–Trinajstić information content (AvgIpc) is 3.27. The van der Waals surface area contributed by atoms with E-state index in [-0.39, 0.29) is 29.1 Å². The molecule has 8 rings (SSSR count). The molecule has 8 fully saturated rings. The van der Waals surface area contributed by atoms with Crippen molar-refractivity contribution >= 4 is 5.78 Å². The summed E-state index contributed by atoms with van der Waals surface area (Å²) in [6.45, 7) is 4.88. The number of hydrogen-bond donors (Lipinski definition) is 1. The van der Waals surface area contributed by atoms with E-state index in [0.717, 1.165) is 25.7 Å². The molecule has 4 saturated carbocycles. The summed E-state index contributed by atoms with van der Waals surface area (Å²) in [4.78, 5) is 13.9. The van der Waals surface area contributed by atoms with Crippen molar-refractivity contribution in [2.24, 2.45) is 28.6 Å². The van der Waals surface area contributed by atoms with Crippen LogP contribution in [0.15, 0.2) is 0 Å². The highest BCUT2D eigenvalue weighted by atomic mass is 16.9. The lowest BCUT2D eigenvalue weighted by molar-refractivity contribution is -0.512. The van der Waals surface area contributed by atoms with E-state index >= 15 is 0 Å². The second kappa shape index (κ2) is 5.25. The van der Waals surface area contributed by atoms with E-state index in [1.54, 1.807) is 0 Å². The lowest BCUT2D eigenvalue weighted by Crippen LogP contribution is -2.81. The molecule has 4 heterocycles. The third-order valence-corrected chi connectivity index (χ3v) is 10.2. The molecule has 4 saturated heterocycles. The minimum Gasteiger partial charge on any atom is -0.388 e. The Morgan fingerprint density at radius 2 is 1.86 bits per heavy atom. The molecule has 7 heteroatoms. The highest BCUT2D eigenvalue weighted by Gasteiger charge is 2.78. The number of carbonyl (C=O) groups is 1. The second-order valence-corrected chi connectivity index (χ2v) is 10.9. The quantitative estimate of drug-likeness (QED) is 0.656. The van der Waals surface area contributed by atoms with Gasteiger partial charge in [0, 0.05) is 36.0 Å². The van der Waals surface area contributed by atoms with Crippen LogP contribution in [0.25, 0.3) is 0 Å². The van der Waals surface area contributed by atoms with Crippen LogP contribution in [0.3, 0.4) is 0 Å². The molecule has 10 unspecified atom stereocenters. The fraction of sp³-hybridized carbons (Fsp3) is 0.955. The van der Waals surface area contributed by atoms with E-state index in [2.05, 4.69) is 13.8 Å². The molecule has 160 valence electrons. The minimum absolute atomic E-state index is 0.162. The second-order valence-electron chi connectivity index (χ2n) is 10.9. The molecule has 4 aliphatic carbocycles. The number of Topliss-reactive ketones (excluding diaryl/α,β-unsaturated/α-hetero) is 1. The summed E-state index contributed by atoms with van der Waals surface area (Å²) in [5.41, 5.74) is -1.25. The highest BCUT2D eigenvalue weighted by molar-refractivity contribution is 5.85. The van der Waals surface area contributed by atoms with Crippen LogP contribution in [0, 0.1) is 28.6 Å². The van der Waals surface area contributed by atoms with Crippen LogP contribution in [0.2, 0.25) is 0 Å². The van der Waals surface area contributed by atoms with E-state index in [9.17, 15) is 9.90 Å². The Morgan fingerprint density at radius 3 is 2.66 bits per heavy atom. The van der Waals surface area contributed by atoms with Gasteiger partial charge in [0.2, 0.25) is 0 Å². The molecular formula is C22H30O7. The van der Waals surface area contributed by atoms with Crippen LogP contribution in [0.1, 0.15) is 52.4 Å². The highest BCUT2D eigenvalue weighted by Crippen LogP contribution is 2.72. The zero-order valence-corrected chi connectivity index (χ0v) is 17.1. The summed E-state index contributed by atoms with van der Waals surface area (Å²) in [6, 6.07) is 0. The summed E-state index contributed by atoms with van der Waals surface area (Å²) >= 11 is 0. The summed E-state index contributed by atoms with van der Waals surface area (Å²) in [5, 5.41) is 11.0. The Balaban J connectivity index is 1.33. The Morgan fingerprint density at radius 1 is 1.07 bits per heavy atom. The molecule has 8 aliphatic rings. The van der Waals surface area contributed by atoms with Crippen molar-refractivity contribution < 1.29 is 33.6 Å². The van der Waals surface area contributed by atoms with E-state index < -0.39 is 35.5 Å². The van der Waals surface area contributed by atoms with Crippen LogP contribution < -0.4 is 0 Å². The smallest absolute Gasteiger partial charge is 0.272 e. The van der Waals surface area contributed by atoms with Crippen LogP contribution in [0.4, 0.5) is 0 Å². The van der Waals surface area contributed by atoms with E-state index in [1.165, 1.54) is 0 Å². The van der Waals surface area contributed by atoms with Crippen molar-refractivity contribution in [1.29, 1.82) is 0 Å². The zero-order chi connectivity index (χ0) is 19.8. The van der Waals surface area contributed by atoms with Crippen molar-refractivity contribution in [3.8, 4) is 0 Å². The first-order valence-electron chi connectivity index (χ1n) is 11.3. The number of fused-ring (bicyclic) bond motifs is 4. The summed E-state index contributed by atoms with van der Waals surface area (Å²) in [5.74, 6) is 0.137. The lowest BCUT2D eigenvalue weighted by Gasteiger charge is -2.72. The maximum absolute atomic E-state index is 13.9. The van der Waals surface area contributed by atoms with Gasteiger partial charge in [0.25, 0.3) is 6.48 Å². The van der Waals surface area contributed by atoms with Gasteiger partial charge in [-0.15, -0.1) is 0 Å². The Labute approximate surface area is 170 Å². The lowest BCUT2D eigenvalue weighted by atomic mass is 9.41. The van der Waals surface area contributed by atoms with Crippen molar-refractivity contribution in [3.63, 3.8) is 0 Å². The van der Waals surface area contributed by atoms with Gasteiger partial charge >= 0.3 is 0 Å². The maximum Gasteiger partial charge on any atom is 0.272 e. The number of aliphatic hydroxyl groups is 1. The Kier molecular flexibility index (Phi) is 3.26. The zero-order valence-electron chi connectivity index (χ0n) is 17.1. The topological polar surface area (TPSA) is 83.5 Å². The average molecular weight is 406 g/mol. The third kappa shape index (κ3) is 1.79. The fourth-order valence-corrected chi connectivity index (χ4v) is 9.03. The first-order chi connectivity index (χ1) is 13.8. The largest absolute Gasteiger partial charge is 0.388 e. The number of hydrogen-bond acceptors (Lipinski definition) is 7. The Bertz CT molecular complexity index is 779. The van der Waals surface area contributed by atoms with E-state index in [1.807, 2.05) is 0 Å². The Hall–Kier alpha value is -0.570. The van der Waals surface area contributed by atoms with Gasteiger partial charge in [-0.05, 0) is 31.1 Å². The SMILES string of the molecule is CC12CC(=O)C3C(CCC45CC6OC(OC(C6O)C34C)O5)C1CCC21OCCO1. The van der Waals surface area contributed by atoms with E-state index in [0.29, 0.717) is 32.0 Å². The molecular weight excluding hydrogens is 376 g/mol. The monoisotopic (exact) mass is 406 g/mol. The molecule has 10 atom stereocenters. The number of aliphatic hydroxyl groups excluding tert-OH is 1. The molecule has 0 radical (unpaired) electrons. The fourth-order valence-electron chi connectivity index (χ4n) is 9.03. The molecule has 0 aromatic carbocycles. The van der Waals surface area contributed by atoms with Crippen molar-refractivity contribution in [3.05, 3.63) is 0 Å². The maximum atomic E-state index is 13.9. The van der Waals surface area contributed by atoms with Gasteiger partial charge < -0.3 is 28.8 Å². The van der Waals surface area contributed by atoms with Crippen molar-refractivity contribution in [2.75, 3.05) is 13.2 Å². The van der Waals surface area contributed by atoms with Gasteiger partial charge in [0.1, 0.15) is 18.0 Å². The van der Waals surface area contributed by atoms with Gasteiger partial charge in [-0.2, -0.15) is 0 Å². The molecule has 4 aliphatic heterocycles. The van der Waals surface area contributed by atoms with Crippen LogP contribution in [-0.2, 0) is 28.5 Å². The third-order valence-electron chi connectivity index (χ3n) is 10.2. The molecule has 29 heavy (non-hydrogen) atoms.